The summed E-state index contributed by atoms with van der Waals surface area (Å²) in [4.78, 5) is 2.80. The molecule has 2 rings (SSSR count). The van der Waals surface area contributed by atoms with Crippen LogP contribution in [0, 0.1) is 11.8 Å². The maximum Gasteiger partial charge on any atom is 0.0308 e. The number of rotatable bonds is 5. The van der Waals surface area contributed by atoms with E-state index in [1.807, 2.05) is 0 Å². The molecule has 2 nitrogen and oxygen atoms in total. The van der Waals surface area contributed by atoms with Crippen LogP contribution in [0.5, 0.6) is 0 Å². The molecule has 1 atom stereocenters. The molecule has 1 saturated carbocycles. The minimum absolute atomic E-state index is 0.297. The number of hydrogen-bond donors (Lipinski definition) is 1. The van der Waals surface area contributed by atoms with E-state index in [1.54, 1.807) is 0 Å². The first-order valence-electron chi connectivity index (χ1n) is 9.54. The highest BCUT2D eigenvalue weighted by atomic mass is 15.2. The molecule has 2 aliphatic rings. The van der Waals surface area contributed by atoms with Crippen molar-refractivity contribution in [3.63, 3.8) is 0 Å². The lowest BCUT2D eigenvalue weighted by molar-refractivity contribution is 0.0457. The fraction of sp³-hybridized carbons (Fsp3) is 1.00. The van der Waals surface area contributed by atoms with Crippen molar-refractivity contribution in [2.45, 2.75) is 90.6 Å². The van der Waals surface area contributed by atoms with Gasteiger partial charge in [-0.3, -0.25) is 4.90 Å². The quantitative estimate of drug-likeness (QED) is 0.806. The Morgan fingerprint density at radius 1 is 1.00 bits per heavy atom. The van der Waals surface area contributed by atoms with Gasteiger partial charge in [0.15, 0.2) is 0 Å². The highest BCUT2D eigenvalue weighted by Crippen LogP contribution is 2.36. The second-order valence-electron chi connectivity index (χ2n) is 8.11. The first kappa shape index (κ1) is 17.3. The average Bonchev–Trinajstić information content (AvgIpc) is 2.75. The van der Waals surface area contributed by atoms with E-state index in [0.29, 0.717) is 11.6 Å². The molecule has 2 heteroatoms. The number of nitrogens with zero attached hydrogens (tertiary/aromatic N) is 1. The van der Waals surface area contributed by atoms with Crippen molar-refractivity contribution in [2.24, 2.45) is 11.8 Å². The number of likely N-dealkylation sites (N-methyl/N-ethyl adjacent to an activating group) is 1. The predicted molar refractivity (Wildman–Crippen MR) is 92.7 cm³/mol. The van der Waals surface area contributed by atoms with Gasteiger partial charge in [0.1, 0.15) is 0 Å². The van der Waals surface area contributed by atoms with Crippen LogP contribution in [-0.4, -0.2) is 36.1 Å². The van der Waals surface area contributed by atoms with Gasteiger partial charge >= 0.3 is 0 Å². The second kappa shape index (κ2) is 7.97. The van der Waals surface area contributed by atoms with E-state index in [1.165, 1.54) is 64.5 Å². The van der Waals surface area contributed by atoms with Crippen LogP contribution in [0.25, 0.3) is 0 Å². The highest BCUT2D eigenvalue weighted by Gasteiger charge is 2.40. The Balaban J connectivity index is 2.06. The Morgan fingerprint density at radius 3 is 2.10 bits per heavy atom. The number of hydrogen-bond acceptors (Lipinski definition) is 2. The van der Waals surface area contributed by atoms with Gasteiger partial charge in [-0.05, 0) is 71.0 Å². The van der Waals surface area contributed by atoms with Gasteiger partial charge in [0.2, 0.25) is 0 Å². The first-order valence-corrected chi connectivity index (χ1v) is 9.54. The van der Waals surface area contributed by atoms with E-state index in [0.717, 1.165) is 18.4 Å². The lowest BCUT2D eigenvalue weighted by Crippen LogP contribution is -2.61. The number of nitrogens with one attached hydrogen (secondary N) is 1. The molecule has 124 valence electrons. The molecule has 0 aromatic heterocycles. The SMILES string of the molecule is CCNC(C1CCC(C)CC1)C(C)(C)N1CCCCCC1. The third-order valence-electron chi connectivity index (χ3n) is 6.14. The smallest absolute Gasteiger partial charge is 0.0308 e. The maximum absolute atomic E-state index is 3.88. The van der Waals surface area contributed by atoms with Crippen molar-refractivity contribution in [3.8, 4) is 0 Å². The Hall–Kier alpha value is -0.0800. The monoisotopic (exact) mass is 294 g/mol. The minimum atomic E-state index is 0.297. The maximum atomic E-state index is 3.88. The summed E-state index contributed by atoms with van der Waals surface area (Å²) in [6, 6.07) is 0.660. The molecule has 1 aliphatic carbocycles. The van der Waals surface area contributed by atoms with Crippen LogP contribution in [0.2, 0.25) is 0 Å². The van der Waals surface area contributed by atoms with Gasteiger partial charge in [0.05, 0.1) is 0 Å². The van der Waals surface area contributed by atoms with Crippen molar-refractivity contribution in [1.82, 2.24) is 10.2 Å². The molecule has 21 heavy (non-hydrogen) atoms. The van der Waals surface area contributed by atoms with Gasteiger partial charge in [0.25, 0.3) is 0 Å². The third-order valence-corrected chi connectivity index (χ3v) is 6.14. The number of likely N-dealkylation sites (tertiary alicyclic amines) is 1. The van der Waals surface area contributed by atoms with Gasteiger partial charge in [-0.2, -0.15) is 0 Å². The third kappa shape index (κ3) is 4.45. The standard InChI is InChI=1S/C19H38N2/c1-5-20-18(17-12-10-16(2)11-13-17)19(3,4)21-14-8-6-7-9-15-21/h16-18,20H,5-15H2,1-4H3. The zero-order valence-electron chi connectivity index (χ0n) is 15.0. The van der Waals surface area contributed by atoms with Crippen molar-refractivity contribution in [1.29, 1.82) is 0 Å². The summed E-state index contributed by atoms with van der Waals surface area (Å²) in [6.45, 7) is 13.4. The predicted octanol–water partition coefficient (Wildman–Crippen LogP) is 4.45. The van der Waals surface area contributed by atoms with Gasteiger partial charge < -0.3 is 5.32 Å². The highest BCUT2D eigenvalue weighted by molar-refractivity contribution is 4.98. The summed E-state index contributed by atoms with van der Waals surface area (Å²) in [7, 11) is 0. The van der Waals surface area contributed by atoms with Crippen LogP contribution in [0.15, 0.2) is 0 Å². The normalized spacial score (nSPS) is 30.9. The van der Waals surface area contributed by atoms with Crippen LogP contribution in [-0.2, 0) is 0 Å². The van der Waals surface area contributed by atoms with Crippen LogP contribution in [0.1, 0.15) is 79.1 Å². The van der Waals surface area contributed by atoms with Crippen molar-refractivity contribution >= 4 is 0 Å². The van der Waals surface area contributed by atoms with Crippen LogP contribution >= 0.6 is 0 Å². The van der Waals surface area contributed by atoms with Gasteiger partial charge in [-0.1, -0.05) is 39.5 Å². The molecule has 0 aromatic carbocycles. The molecule has 0 bridgehead atoms. The second-order valence-corrected chi connectivity index (χ2v) is 8.11. The van der Waals surface area contributed by atoms with Crippen molar-refractivity contribution in [2.75, 3.05) is 19.6 Å². The Bertz CT molecular complexity index is 284. The largest absolute Gasteiger partial charge is 0.312 e. The van der Waals surface area contributed by atoms with Crippen LogP contribution in [0.3, 0.4) is 0 Å². The van der Waals surface area contributed by atoms with Crippen molar-refractivity contribution < 1.29 is 0 Å². The summed E-state index contributed by atoms with van der Waals surface area (Å²) >= 11 is 0. The zero-order valence-corrected chi connectivity index (χ0v) is 15.0. The van der Waals surface area contributed by atoms with E-state index in [2.05, 4.69) is 37.9 Å². The molecular formula is C19H38N2. The summed E-state index contributed by atoms with van der Waals surface area (Å²) in [5.41, 5.74) is 0.297. The minimum Gasteiger partial charge on any atom is -0.312 e. The molecule has 1 heterocycles. The van der Waals surface area contributed by atoms with Gasteiger partial charge in [-0.15, -0.1) is 0 Å². The fourth-order valence-electron chi connectivity index (χ4n) is 4.68. The van der Waals surface area contributed by atoms with Crippen molar-refractivity contribution in [3.05, 3.63) is 0 Å². The van der Waals surface area contributed by atoms with E-state index >= 15 is 0 Å². The molecule has 1 unspecified atom stereocenters. The molecule has 1 N–H and O–H groups in total. The topological polar surface area (TPSA) is 15.3 Å². The molecule has 0 radical (unpaired) electrons. The molecule has 0 aromatic rings. The van der Waals surface area contributed by atoms with E-state index in [-0.39, 0.29) is 0 Å². The van der Waals surface area contributed by atoms with E-state index in [4.69, 9.17) is 0 Å². The summed E-state index contributed by atoms with van der Waals surface area (Å²) < 4.78 is 0. The summed E-state index contributed by atoms with van der Waals surface area (Å²) in [5, 5.41) is 3.88. The summed E-state index contributed by atoms with van der Waals surface area (Å²) in [5.74, 6) is 1.82. The lowest BCUT2D eigenvalue weighted by atomic mass is 9.73. The molecule has 1 saturated heterocycles. The fourth-order valence-corrected chi connectivity index (χ4v) is 4.68. The Labute approximate surface area is 133 Å². The Morgan fingerprint density at radius 2 is 1.57 bits per heavy atom. The molecule has 0 spiro atoms. The van der Waals surface area contributed by atoms with Crippen LogP contribution in [0.4, 0.5) is 0 Å². The summed E-state index contributed by atoms with van der Waals surface area (Å²) in [6.07, 6.45) is 11.4. The van der Waals surface area contributed by atoms with E-state index < -0.39 is 0 Å². The first-order chi connectivity index (χ1) is 10.1. The zero-order chi connectivity index (χ0) is 15.3. The molecule has 0 amide bonds. The van der Waals surface area contributed by atoms with Crippen LogP contribution < -0.4 is 5.32 Å². The van der Waals surface area contributed by atoms with Gasteiger partial charge in [0, 0.05) is 11.6 Å². The molecule has 1 aliphatic heterocycles. The lowest BCUT2D eigenvalue weighted by Gasteiger charge is -2.48. The average molecular weight is 295 g/mol. The van der Waals surface area contributed by atoms with Gasteiger partial charge in [-0.25, -0.2) is 0 Å². The Kier molecular flexibility index (Phi) is 6.55. The molecular weight excluding hydrogens is 256 g/mol. The van der Waals surface area contributed by atoms with E-state index in [9.17, 15) is 0 Å². The molecule has 2 fully saturated rings.